The fourth-order valence-corrected chi connectivity index (χ4v) is 2.48. The summed E-state index contributed by atoms with van der Waals surface area (Å²) in [5.74, 6) is 0.587. The summed E-state index contributed by atoms with van der Waals surface area (Å²) in [5, 5.41) is 1.20. The maximum atomic E-state index is 5.63. The maximum absolute atomic E-state index is 5.63. The van der Waals surface area contributed by atoms with Crippen molar-refractivity contribution in [1.29, 1.82) is 0 Å². The van der Waals surface area contributed by atoms with Crippen LogP contribution in [-0.4, -0.2) is 9.97 Å². The normalized spacial score (nSPS) is 10.6. The zero-order valence-corrected chi connectivity index (χ0v) is 10.3. The van der Waals surface area contributed by atoms with E-state index in [2.05, 4.69) is 23.8 Å². The molecular formula is C12H15N3S. The molecule has 0 radical (unpaired) electrons. The highest BCUT2D eigenvalue weighted by atomic mass is 32.1. The number of nitrogens with two attached hydrogens (primary N) is 1. The van der Waals surface area contributed by atoms with Gasteiger partial charge in [-0.05, 0) is 38.0 Å². The summed E-state index contributed by atoms with van der Waals surface area (Å²) < 4.78 is 0. The first-order valence-corrected chi connectivity index (χ1v) is 6.10. The van der Waals surface area contributed by atoms with E-state index >= 15 is 0 Å². The molecule has 2 rings (SSSR count). The van der Waals surface area contributed by atoms with Crippen LogP contribution in [0.2, 0.25) is 0 Å². The van der Waals surface area contributed by atoms with Gasteiger partial charge in [0.25, 0.3) is 0 Å². The van der Waals surface area contributed by atoms with Crippen molar-refractivity contribution in [2.24, 2.45) is 0 Å². The van der Waals surface area contributed by atoms with Crippen LogP contribution in [0.5, 0.6) is 0 Å². The summed E-state index contributed by atoms with van der Waals surface area (Å²) in [6, 6.07) is 3.93. The van der Waals surface area contributed by atoms with Gasteiger partial charge in [-0.25, -0.2) is 9.97 Å². The molecule has 4 heteroatoms. The number of rotatable bonds is 3. The van der Waals surface area contributed by atoms with Crippen LogP contribution in [0.15, 0.2) is 18.3 Å². The Labute approximate surface area is 99.4 Å². The second-order valence-electron chi connectivity index (χ2n) is 3.84. The number of aromatic nitrogens is 2. The number of pyridine rings is 1. The molecular weight excluding hydrogens is 218 g/mol. The highest BCUT2D eigenvalue weighted by Gasteiger charge is 2.04. The lowest BCUT2D eigenvalue weighted by atomic mass is 10.1. The minimum absolute atomic E-state index is 0.587. The minimum Gasteiger partial charge on any atom is -0.384 e. The first-order valence-electron chi connectivity index (χ1n) is 5.28. The molecule has 0 saturated heterocycles. The Kier molecular flexibility index (Phi) is 3.19. The van der Waals surface area contributed by atoms with Gasteiger partial charge >= 0.3 is 0 Å². The quantitative estimate of drug-likeness (QED) is 0.886. The molecule has 0 spiro atoms. The molecule has 2 aromatic heterocycles. The van der Waals surface area contributed by atoms with Crippen LogP contribution in [0, 0.1) is 13.8 Å². The number of nitrogens with zero attached hydrogens (tertiary/aromatic N) is 2. The van der Waals surface area contributed by atoms with Crippen LogP contribution in [0.1, 0.15) is 21.1 Å². The lowest BCUT2D eigenvalue weighted by Gasteiger charge is -1.99. The summed E-state index contributed by atoms with van der Waals surface area (Å²) >= 11 is 1.78. The second kappa shape index (κ2) is 4.61. The van der Waals surface area contributed by atoms with Gasteiger partial charge in [-0.1, -0.05) is 0 Å². The van der Waals surface area contributed by atoms with E-state index in [1.807, 2.05) is 12.1 Å². The van der Waals surface area contributed by atoms with E-state index in [-0.39, 0.29) is 0 Å². The predicted octanol–water partition coefficient (Wildman–Crippen LogP) is 2.52. The Morgan fingerprint density at radius 1 is 1.31 bits per heavy atom. The molecule has 0 saturated carbocycles. The topological polar surface area (TPSA) is 51.8 Å². The molecule has 0 bridgehead atoms. The van der Waals surface area contributed by atoms with Crippen LogP contribution in [0.3, 0.4) is 0 Å². The zero-order chi connectivity index (χ0) is 11.5. The molecule has 0 aliphatic heterocycles. The lowest BCUT2D eigenvalue weighted by Crippen LogP contribution is -1.94. The molecule has 2 aromatic rings. The molecule has 2 heterocycles. The van der Waals surface area contributed by atoms with E-state index < -0.39 is 0 Å². The average Bonchev–Trinajstić information content (AvgIpc) is 2.56. The van der Waals surface area contributed by atoms with Crippen molar-refractivity contribution in [3.8, 4) is 0 Å². The van der Waals surface area contributed by atoms with Crippen molar-refractivity contribution >= 4 is 17.2 Å². The summed E-state index contributed by atoms with van der Waals surface area (Å²) in [5.41, 5.74) is 8.00. The Morgan fingerprint density at radius 2 is 2.12 bits per heavy atom. The molecule has 0 fully saturated rings. The predicted molar refractivity (Wildman–Crippen MR) is 67.6 cm³/mol. The average molecular weight is 233 g/mol. The van der Waals surface area contributed by atoms with Gasteiger partial charge in [0.1, 0.15) is 5.82 Å². The van der Waals surface area contributed by atoms with E-state index in [9.17, 15) is 0 Å². The first-order chi connectivity index (χ1) is 7.65. The summed E-state index contributed by atoms with van der Waals surface area (Å²) in [6.07, 6.45) is 3.70. The lowest BCUT2D eigenvalue weighted by molar-refractivity contribution is 0.933. The van der Waals surface area contributed by atoms with Crippen molar-refractivity contribution in [2.75, 3.05) is 5.73 Å². The molecule has 3 nitrogen and oxygen atoms in total. The molecule has 0 atom stereocenters. The summed E-state index contributed by atoms with van der Waals surface area (Å²) in [6.45, 7) is 4.17. The third-order valence-electron chi connectivity index (χ3n) is 2.55. The number of aryl methyl sites for hydroxylation is 4. The van der Waals surface area contributed by atoms with Crippen LogP contribution >= 0.6 is 11.3 Å². The molecule has 0 unspecified atom stereocenters. The highest BCUT2D eigenvalue weighted by molar-refractivity contribution is 7.11. The molecule has 16 heavy (non-hydrogen) atoms. The number of nitrogen functional groups attached to an aromatic ring is 1. The fraction of sp³-hybridized carbons (Fsp3) is 0.333. The van der Waals surface area contributed by atoms with Gasteiger partial charge in [-0.15, -0.1) is 11.3 Å². The second-order valence-corrected chi connectivity index (χ2v) is 5.13. The Hall–Kier alpha value is -1.42. The SMILES string of the molecule is Cc1nc(CCc2ccnc(N)c2)sc1C. The highest BCUT2D eigenvalue weighted by Crippen LogP contribution is 2.18. The maximum Gasteiger partial charge on any atom is 0.123 e. The molecule has 0 aromatic carbocycles. The summed E-state index contributed by atoms with van der Waals surface area (Å²) in [7, 11) is 0. The van der Waals surface area contributed by atoms with Gasteiger partial charge in [0.05, 0.1) is 10.7 Å². The largest absolute Gasteiger partial charge is 0.384 e. The number of thiazole rings is 1. The Balaban J connectivity index is 2.02. The van der Waals surface area contributed by atoms with E-state index in [0.29, 0.717) is 5.82 Å². The zero-order valence-electron chi connectivity index (χ0n) is 9.53. The van der Waals surface area contributed by atoms with Gasteiger partial charge < -0.3 is 5.73 Å². The minimum atomic E-state index is 0.587. The van der Waals surface area contributed by atoms with Gasteiger partial charge in [-0.3, -0.25) is 0 Å². The number of anilines is 1. The van der Waals surface area contributed by atoms with Gasteiger partial charge in [-0.2, -0.15) is 0 Å². The van der Waals surface area contributed by atoms with Crippen molar-refractivity contribution < 1.29 is 0 Å². The Morgan fingerprint density at radius 3 is 2.75 bits per heavy atom. The molecule has 0 amide bonds. The van der Waals surface area contributed by atoms with E-state index in [4.69, 9.17) is 5.73 Å². The fourth-order valence-electron chi connectivity index (χ4n) is 1.55. The number of hydrogen-bond donors (Lipinski definition) is 1. The third-order valence-corrected chi connectivity index (χ3v) is 3.68. The smallest absolute Gasteiger partial charge is 0.123 e. The van der Waals surface area contributed by atoms with Crippen molar-refractivity contribution in [2.45, 2.75) is 26.7 Å². The van der Waals surface area contributed by atoms with Crippen molar-refractivity contribution in [1.82, 2.24) is 9.97 Å². The van der Waals surface area contributed by atoms with E-state index in [1.54, 1.807) is 17.5 Å². The molecule has 0 aliphatic carbocycles. The Bertz CT molecular complexity index is 471. The van der Waals surface area contributed by atoms with Crippen LogP contribution in [0.25, 0.3) is 0 Å². The molecule has 0 aliphatic rings. The number of hydrogen-bond acceptors (Lipinski definition) is 4. The van der Waals surface area contributed by atoms with Crippen molar-refractivity contribution in [3.05, 3.63) is 39.5 Å². The third kappa shape index (κ3) is 2.58. The van der Waals surface area contributed by atoms with Gasteiger partial charge in [0.2, 0.25) is 0 Å². The molecule has 2 N–H and O–H groups in total. The van der Waals surface area contributed by atoms with E-state index in [1.165, 1.54) is 15.4 Å². The van der Waals surface area contributed by atoms with Gasteiger partial charge in [0.15, 0.2) is 0 Å². The van der Waals surface area contributed by atoms with E-state index in [0.717, 1.165) is 18.5 Å². The van der Waals surface area contributed by atoms with Gasteiger partial charge in [0, 0.05) is 17.5 Å². The van der Waals surface area contributed by atoms with Crippen molar-refractivity contribution in [3.63, 3.8) is 0 Å². The first kappa shape index (κ1) is 11.1. The monoisotopic (exact) mass is 233 g/mol. The molecule has 84 valence electrons. The summed E-state index contributed by atoms with van der Waals surface area (Å²) in [4.78, 5) is 9.81. The standard InChI is InChI=1S/C12H15N3S/c1-8-9(2)16-12(15-8)4-3-10-5-6-14-11(13)7-10/h5-7H,3-4H2,1-2H3,(H2,13,14). The van der Waals surface area contributed by atoms with Crippen LogP contribution in [-0.2, 0) is 12.8 Å². The van der Waals surface area contributed by atoms with Crippen LogP contribution in [0.4, 0.5) is 5.82 Å². The van der Waals surface area contributed by atoms with Crippen LogP contribution < -0.4 is 5.73 Å².